The van der Waals surface area contributed by atoms with Gasteiger partial charge in [0.15, 0.2) is 5.03 Å². The molecule has 0 spiro atoms. The average Bonchev–Trinajstić information content (AvgIpc) is 2.69. The van der Waals surface area contributed by atoms with Crippen LogP contribution in [0.5, 0.6) is 5.75 Å². The number of benzene rings is 2. The number of carbonyl (C=O) groups is 1. The fraction of sp³-hybridized carbons (Fsp3) is 0.105. The highest BCUT2D eigenvalue weighted by molar-refractivity contribution is 7.99. The lowest BCUT2D eigenvalue weighted by Crippen LogP contribution is -2.22. The largest absolute Gasteiger partial charge is 0.495 e. The number of nitrogens with one attached hydrogen (secondary N) is 1. The van der Waals surface area contributed by atoms with E-state index in [0.717, 1.165) is 17.8 Å². The third kappa shape index (κ3) is 4.52. The number of anilines is 1. The van der Waals surface area contributed by atoms with Gasteiger partial charge in [0.1, 0.15) is 11.6 Å². The van der Waals surface area contributed by atoms with Crippen LogP contribution in [0.1, 0.15) is 0 Å². The van der Waals surface area contributed by atoms with E-state index in [-0.39, 0.29) is 27.0 Å². The first-order valence-corrected chi connectivity index (χ1v) is 9.44. The number of aromatic nitrogens is 2. The molecule has 0 unspecified atom stereocenters. The molecule has 0 atom stereocenters. The van der Waals surface area contributed by atoms with Crippen molar-refractivity contribution >= 4 is 35.0 Å². The summed E-state index contributed by atoms with van der Waals surface area (Å²) in [6, 6.07) is 11.0. The number of rotatable bonds is 6. The third-order valence-electron chi connectivity index (χ3n) is 3.70. The Kier molecular flexibility index (Phi) is 6.33. The molecular weight excluding hydrogens is 405 g/mol. The zero-order valence-electron chi connectivity index (χ0n) is 14.7. The zero-order chi connectivity index (χ0) is 20.1. The SMILES string of the molecule is COc1ccccc1-n1ccnc(SCC(=O)Nc2ccc(Cl)cc2F)c1=O. The molecule has 1 heterocycles. The van der Waals surface area contributed by atoms with E-state index < -0.39 is 11.7 Å². The van der Waals surface area contributed by atoms with Crippen LogP contribution in [0.3, 0.4) is 0 Å². The van der Waals surface area contributed by atoms with Gasteiger partial charge in [-0.25, -0.2) is 9.37 Å². The van der Waals surface area contributed by atoms with E-state index in [1.54, 1.807) is 24.3 Å². The number of hydrogen-bond acceptors (Lipinski definition) is 5. The number of thioether (sulfide) groups is 1. The second kappa shape index (κ2) is 8.90. The predicted octanol–water partition coefficient (Wildman–Crippen LogP) is 3.76. The summed E-state index contributed by atoms with van der Waals surface area (Å²) in [5, 5.41) is 2.81. The van der Waals surface area contributed by atoms with Crippen LogP contribution in [-0.2, 0) is 4.79 Å². The van der Waals surface area contributed by atoms with Gasteiger partial charge in [0, 0.05) is 17.4 Å². The molecule has 1 amide bonds. The first-order chi connectivity index (χ1) is 13.5. The highest BCUT2D eigenvalue weighted by Crippen LogP contribution is 2.22. The molecule has 0 radical (unpaired) electrons. The number of halogens is 2. The van der Waals surface area contributed by atoms with Crippen LogP contribution in [-0.4, -0.2) is 28.3 Å². The first kappa shape index (κ1) is 19.9. The summed E-state index contributed by atoms with van der Waals surface area (Å²) in [5.74, 6) is -0.690. The van der Waals surface area contributed by atoms with Crippen molar-refractivity contribution in [3.8, 4) is 11.4 Å². The van der Waals surface area contributed by atoms with Gasteiger partial charge in [-0.3, -0.25) is 14.2 Å². The monoisotopic (exact) mass is 419 g/mol. The summed E-state index contributed by atoms with van der Waals surface area (Å²) in [6.45, 7) is 0. The molecule has 0 bridgehead atoms. The van der Waals surface area contributed by atoms with Gasteiger partial charge in [-0.2, -0.15) is 0 Å². The molecule has 0 aliphatic rings. The van der Waals surface area contributed by atoms with Crippen LogP contribution in [0.2, 0.25) is 5.02 Å². The number of methoxy groups -OCH3 is 1. The normalized spacial score (nSPS) is 10.5. The predicted molar refractivity (Wildman–Crippen MR) is 107 cm³/mol. The molecule has 1 aromatic heterocycles. The Labute approximate surface area is 169 Å². The van der Waals surface area contributed by atoms with Crippen molar-refractivity contribution in [3.63, 3.8) is 0 Å². The van der Waals surface area contributed by atoms with Gasteiger partial charge < -0.3 is 10.1 Å². The van der Waals surface area contributed by atoms with E-state index in [2.05, 4.69) is 10.3 Å². The number of hydrogen-bond donors (Lipinski definition) is 1. The van der Waals surface area contributed by atoms with Crippen molar-refractivity contribution in [2.24, 2.45) is 0 Å². The van der Waals surface area contributed by atoms with Gasteiger partial charge in [0.05, 0.1) is 24.2 Å². The summed E-state index contributed by atoms with van der Waals surface area (Å²) in [7, 11) is 1.51. The Morgan fingerprint density at radius 3 is 2.86 bits per heavy atom. The summed E-state index contributed by atoms with van der Waals surface area (Å²) in [4.78, 5) is 28.9. The van der Waals surface area contributed by atoms with Gasteiger partial charge in [-0.1, -0.05) is 35.5 Å². The van der Waals surface area contributed by atoms with Crippen LogP contribution in [0.15, 0.2) is 64.7 Å². The van der Waals surface area contributed by atoms with Crippen molar-refractivity contribution in [3.05, 3.63) is 76.1 Å². The maximum atomic E-state index is 13.8. The first-order valence-electron chi connectivity index (χ1n) is 8.08. The lowest BCUT2D eigenvalue weighted by Gasteiger charge is -2.11. The third-order valence-corrected chi connectivity index (χ3v) is 4.89. The summed E-state index contributed by atoms with van der Waals surface area (Å²) in [6.07, 6.45) is 2.99. The standard InChI is InChI=1S/C19H15ClFN3O3S/c1-27-16-5-3-2-4-15(16)24-9-8-22-18(19(24)26)28-11-17(25)23-14-7-6-12(20)10-13(14)21/h2-10H,11H2,1H3,(H,23,25). The van der Waals surface area contributed by atoms with E-state index >= 15 is 0 Å². The molecule has 144 valence electrons. The minimum atomic E-state index is -0.637. The molecule has 1 N–H and O–H groups in total. The smallest absolute Gasteiger partial charge is 0.287 e. The minimum Gasteiger partial charge on any atom is -0.495 e. The van der Waals surface area contributed by atoms with E-state index in [9.17, 15) is 14.0 Å². The maximum Gasteiger partial charge on any atom is 0.287 e. The molecular formula is C19H15ClFN3O3S. The van der Waals surface area contributed by atoms with Crippen molar-refractivity contribution in [1.82, 2.24) is 9.55 Å². The molecule has 0 aliphatic carbocycles. The Bertz CT molecular complexity index is 1070. The Hall–Kier alpha value is -2.84. The molecule has 0 saturated carbocycles. The molecule has 0 saturated heterocycles. The maximum absolute atomic E-state index is 13.8. The number of amides is 1. The highest BCUT2D eigenvalue weighted by atomic mass is 35.5. The Morgan fingerprint density at radius 1 is 1.32 bits per heavy atom. The second-order valence-electron chi connectivity index (χ2n) is 5.54. The number of para-hydroxylation sites is 2. The summed E-state index contributed by atoms with van der Waals surface area (Å²) in [5.41, 5.74) is 0.192. The van der Waals surface area contributed by atoms with Crippen molar-refractivity contribution in [1.29, 1.82) is 0 Å². The number of ether oxygens (including phenoxy) is 1. The molecule has 0 fully saturated rings. The highest BCUT2D eigenvalue weighted by Gasteiger charge is 2.13. The number of carbonyl (C=O) groups excluding carboxylic acids is 1. The van der Waals surface area contributed by atoms with Gasteiger partial charge in [-0.15, -0.1) is 0 Å². The Balaban J connectivity index is 1.75. The quantitative estimate of drug-likeness (QED) is 0.616. The van der Waals surface area contributed by atoms with Gasteiger partial charge in [-0.05, 0) is 30.3 Å². The molecule has 0 aliphatic heterocycles. The molecule has 2 aromatic carbocycles. The van der Waals surface area contributed by atoms with Gasteiger partial charge in [0.2, 0.25) is 5.91 Å². The molecule has 3 aromatic rings. The average molecular weight is 420 g/mol. The van der Waals surface area contributed by atoms with E-state index in [4.69, 9.17) is 16.3 Å². The van der Waals surface area contributed by atoms with Crippen molar-refractivity contribution in [2.45, 2.75) is 5.03 Å². The van der Waals surface area contributed by atoms with Gasteiger partial charge in [0.25, 0.3) is 5.56 Å². The van der Waals surface area contributed by atoms with Crippen LogP contribution in [0, 0.1) is 5.82 Å². The molecule has 28 heavy (non-hydrogen) atoms. The van der Waals surface area contributed by atoms with Crippen LogP contribution in [0.4, 0.5) is 10.1 Å². The van der Waals surface area contributed by atoms with Crippen LogP contribution >= 0.6 is 23.4 Å². The molecule has 9 heteroatoms. The van der Waals surface area contributed by atoms with E-state index in [1.165, 1.54) is 36.2 Å². The van der Waals surface area contributed by atoms with Crippen molar-refractivity contribution in [2.75, 3.05) is 18.2 Å². The summed E-state index contributed by atoms with van der Waals surface area (Å²) >= 11 is 6.65. The van der Waals surface area contributed by atoms with E-state index in [0.29, 0.717) is 11.4 Å². The zero-order valence-corrected chi connectivity index (χ0v) is 16.3. The fourth-order valence-electron chi connectivity index (χ4n) is 2.42. The lowest BCUT2D eigenvalue weighted by atomic mass is 10.3. The van der Waals surface area contributed by atoms with E-state index in [1.807, 2.05) is 0 Å². The molecule has 6 nitrogen and oxygen atoms in total. The van der Waals surface area contributed by atoms with Crippen molar-refractivity contribution < 1.29 is 13.9 Å². The summed E-state index contributed by atoms with van der Waals surface area (Å²) < 4.78 is 20.4. The number of nitrogens with zero attached hydrogens (tertiary/aromatic N) is 2. The molecule has 3 rings (SSSR count). The fourth-order valence-corrected chi connectivity index (χ4v) is 3.28. The topological polar surface area (TPSA) is 73.2 Å². The Morgan fingerprint density at radius 2 is 2.11 bits per heavy atom. The van der Waals surface area contributed by atoms with Gasteiger partial charge >= 0.3 is 0 Å². The lowest BCUT2D eigenvalue weighted by molar-refractivity contribution is -0.113. The van der Waals surface area contributed by atoms with Crippen LogP contribution in [0.25, 0.3) is 5.69 Å². The van der Waals surface area contributed by atoms with Crippen LogP contribution < -0.4 is 15.6 Å². The second-order valence-corrected chi connectivity index (χ2v) is 6.94. The minimum absolute atomic E-state index is 0.0162.